The molecule has 1 radical (unpaired) electrons. The Labute approximate surface area is 408 Å². The molecule has 66 heavy (non-hydrogen) atoms. The minimum Gasteiger partial charge on any atom is -0.501 e. The van der Waals surface area contributed by atoms with Crippen LogP contribution in [0.3, 0.4) is 0 Å². The molecule has 0 unspecified atom stereocenters. The van der Waals surface area contributed by atoms with Crippen molar-refractivity contribution in [3.63, 3.8) is 0 Å². The Kier molecular flexibility index (Phi) is 10.5. The molecule has 0 fully saturated rings. The first-order valence-corrected chi connectivity index (χ1v) is 22.1. The van der Waals surface area contributed by atoms with Crippen molar-refractivity contribution in [1.82, 2.24) is 14.5 Å². The smallest absolute Gasteiger partial charge is 0.121 e. The van der Waals surface area contributed by atoms with Crippen molar-refractivity contribution in [2.24, 2.45) is 0 Å². The predicted molar refractivity (Wildman–Crippen MR) is 273 cm³/mol. The Morgan fingerprint density at radius 3 is 2.09 bits per heavy atom. The molecule has 3 aromatic heterocycles. The first-order valence-electron chi connectivity index (χ1n) is 24.6. The van der Waals surface area contributed by atoms with Crippen molar-refractivity contribution in [2.45, 2.75) is 72.5 Å². The summed E-state index contributed by atoms with van der Waals surface area (Å²) in [6.45, 7) is 11.4. The molecule has 0 bridgehead atoms. The second kappa shape index (κ2) is 18.0. The molecule has 0 N–H and O–H groups in total. The van der Waals surface area contributed by atoms with Gasteiger partial charge in [0, 0.05) is 44.2 Å². The fourth-order valence-electron chi connectivity index (χ4n) is 8.90. The van der Waals surface area contributed by atoms with E-state index >= 15 is 0 Å². The minimum atomic E-state index is -2.48. The number of fused-ring (bicyclic) bond motifs is 7. The summed E-state index contributed by atoms with van der Waals surface area (Å²) in [5.41, 5.74) is 9.94. The van der Waals surface area contributed by atoms with E-state index in [0.717, 1.165) is 54.7 Å². The maximum Gasteiger partial charge on any atom is 0.121 e. The Morgan fingerprint density at radius 1 is 0.652 bits per heavy atom. The average molecular weight is 1040 g/mol. The average Bonchev–Trinajstić information content (AvgIpc) is 3.91. The molecule has 0 aliphatic rings. The number of furan rings is 1. The molecule has 8 aromatic carbocycles. The van der Waals surface area contributed by atoms with Crippen molar-refractivity contribution >= 4 is 54.5 Å². The fraction of sp³-hybridized carbons (Fsp3) is 0.180. The molecule has 11 aromatic rings. The molecular formula is C61H53IrN3O-2. The van der Waals surface area contributed by atoms with Crippen LogP contribution in [-0.4, -0.2) is 14.5 Å². The van der Waals surface area contributed by atoms with Crippen molar-refractivity contribution in [2.75, 3.05) is 0 Å². The Balaban J connectivity index is 0.000000313. The molecule has 4 nitrogen and oxygen atoms in total. The maximum absolute atomic E-state index is 9.54. The van der Waals surface area contributed by atoms with Gasteiger partial charge >= 0.3 is 0 Å². The van der Waals surface area contributed by atoms with Crippen LogP contribution in [0, 0.1) is 19.0 Å². The number of hydrogen-bond acceptors (Lipinski definition) is 3. The van der Waals surface area contributed by atoms with E-state index in [2.05, 4.69) is 86.4 Å². The summed E-state index contributed by atoms with van der Waals surface area (Å²) < 4.78 is 53.7. The third-order valence-electron chi connectivity index (χ3n) is 12.3. The van der Waals surface area contributed by atoms with Crippen LogP contribution in [0.25, 0.3) is 94.0 Å². The van der Waals surface area contributed by atoms with Crippen molar-refractivity contribution in [3.05, 3.63) is 198 Å². The van der Waals surface area contributed by atoms with Gasteiger partial charge in [-0.25, -0.2) is 0 Å². The molecule has 329 valence electrons. The second-order valence-corrected chi connectivity index (χ2v) is 18.2. The molecule has 0 spiro atoms. The first-order chi connectivity index (χ1) is 33.3. The van der Waals surface area contributed by atoms with Gasteiger partial charge in [0.05, 0.1) is 22.4 Å². The van der Waals surface area contributed by atoms with E-state index in [0.29, 0.717) is 50.4 Å². The number of pyridine rings is 1. The van der Waals surface area contributed by atoms with Gasteiger partial charge in [0.25, 0.3) is 0 Å². The molecule has 0 saturated carbocycles. The molecule has 0 aliphatic heterocycles. The second-order valence-electron chi connectivity index (χ2n) is 18.2. The zero-order chi connectivity index (χ0) is 49.3. The number of imidazole rings is 1. The van der Waals surface area contributed by atoms with Crippen molar-refractivity contribution in [1.29, 1.82) is 0 Å². The number of aromatic nitrogens is 3. The predicted octanol–water partition coefficient (Wildman–Crippen LogP) is 16.8. The SMILES string of the molecule is CC(C)(C)c1ccc(-c2[c-]cccc2)nc1.[2H]C([2H])([2H])c1cccc2nc(-c3[c-]ccc4c3oc3cc5c(ccc6ccccc65)cc34)n(-c3c(C([2H])(C)C)cc(-c4ccccc4)cc3C([2H])(C)C)c12.[Ir]. The summed E-state index contributed by atoms with van der Waals surface area (Å²) in [7, 11) is 0. The standard InChI is InChI=1S/C46H37N2O.C15H16N.Ir/c1-27(2)37-24-33(30-14-7-6-8-15-30)25-38(28(3)4)44(37)48-43-29(5)13-11-20-41(43)47-46(48)36-19-12-18-35-40-23-32-22-21-31-16-9-10-17-34(31)39(32)26-42(40)49-45(35)36;1-15(2,3)13-9-10-14(16-11-13)12-7-5-4-6-8-12;/h6-18,20-28H,1-5H3;4-7,9-11H,1-3H3;/q2*-1;/i5D3,27D,28D;;. The monoisotopic (exact) mass is 1040 g/mol. The van der Waals surface area contributed by atoms with Gasteiger partial charge in [0.1, 0.15) is 5.58 Å². The van der Waals surface area contributed by atoms with E-state index in [1.807, 2.05) is 136 Å². The van der Waals surface area contributed by atoms with Gasteiger partial charge in [-0.1, -0.05) is 150 Å². The number of nitrogens with zero attached hydrogens (tertiary/aromatic N) is 3. The van der Waals surface area contributed by atoms with Crippen LogP contribution in [0.15, 0.2) is 168 Å². The van der Waals surface area contributed by atoms with Crippen LogP contribution >= 0.6 is 0 Å². The summed E-state index contributed by atoms with van der Waals surface area (Å²) in [5.74, 6) is -1.91. The topological polar surface area (TPSA) is 43.9 Å². The zero-order valence-corrected chi connectivity index (χ0v) is 40.6. The maximum atomic E-state index is 9.54. The molecule has 11 rings (SSSR count). The summed E-state index contributed by atoms with van der Waals surface area (Å²) in [4.78, 5) is 9.66. The summed E-state index contributed by atoms with van der Waals surface area (Å²) in [6.07, 6.45) is 1.95. The molecule has 3 heterocycles. The van der Waals surface area contributed by atoms with Crippen LogP contribution in [-0.2, 0) is 25.5 Å². The van der Waals surface area contributed by atoms with Crippen LogP contribution in [0.4, 0.5) is 0 Å². The quantitative estimate of drug-likeness (QED) is 0.123. The van der Waals surface area contributed by atoms with E-state index in [4.69, 9.17) is 13.5 Å². The van der Waals surface area contributed by atoms with E-state index in [9.17, 15) is 2.74 Å². The zero-order valence-electron chi connectivity index (χ0n) is 43.2. The van der Waals surface area contributed by atoms with E-state index in [-0.39, 0.29) is 31.1 Å². The molecule has 0 amide bonds. The van der Waals surface area contributed by atoms with Gasteiger partial charge < -0.3 is 14.0 Å². The number of rotatable bonds is 6. The number of hydrogen-bond donors (Lipinski definition) is 0. The van der Waals surface area contributed by atoms with Gasteiger partial charge in [0.15, 0.2) is 0 Å². The van der Waals surface area contributed by atoms with E-state index < -0.39 is 18.6 Å². The summed E-state index contributed by atoms with van der Waals surface area (Å²) >= 11 is 0. The number of benzene rings is 8. The molecule has 0 saturated heterocycles. The minimum absolute atomic E-state index is 0. The third-order valence-corrected chi connectivity index (χ3v) is 12.3. The normalized spacial score (nSPS) is 13.4. The Bertz CT molecular complexity index is 3710. The van der Waals surface area contributed by atoms with Gasteiger partial charge in [-0.2, -0.15) is 0 Å². The largest absolute Gasteiger partial charge is 0.501 e. The van der Waals surface area contributed by atoms with Crippen LogP contribution in [0.1, 0.15) is 89.4 Å². The van der Waals surface area contributed by atoms with Crippen molar-refractivity contribution < 1.29 is 31.4 Å². The van der Waals surface area contributed by atoms with Gasteiger partial charge in [-0.15, -0.1) is 54.1 Å². The van der Waals surface area contributed by atoms with E-state index in [1.54, 1.807) is 12.1 Å². The van der Waals surface area contributed by atoms with Gasteiger partial charge in [0.2, 0.25) is 0 Å². The van der Waals surface area contributed by atoms with E-state index in [1.165, 1.54) is 5.56 Å². The molecule has 5 heteroatoms. The fourth-order valence-corrected chi connectivity index (χ4v) is 8.90. The first kappa shape index (κ1) is 38.6. The van der Waals surface area contributed by atoms with Crippen LogP contribution in [0.5, 0.6) is 0 Å². The van der Waals surface area contributed by atoms with Gasteiger partial charge in [-0.3, -0.25) is 4.98 Å². The Hall–Kier alpha value is -6.65. The van der Waals surface area contributed by atoms with Crippen molar-refractivity contribution in [3.8, 4) is 39.5 Å². The Morgan fingerprint density at radius 2 is 1.39 bits per heavy atom. The number of aryl methyl sites for hydroxylation is 1. The third kappa shape index (κ3) is 8.16. The summed E-state index contributed by atoms with van der Waals surface area (Å²) in [6, 6.07) is 58.5. The van der Waals surface area contributed by atoms with Crippen LogP contribution < -0.4 is 0 Å². The number of para-hydroxylation sites is 1. The van der Waals surface area contributed by atoms with Crippen LogP contribution in [0.2, 0.25) is 0 Å². The molecule has 0 aliphatic carbocycles. The molecular weight excluding hydrogens is 983 g/mol. The molecule has 0 atom stereocenters. The summed E-state index contributed by atoms with van der Waals surface area (Å²) in [5, 5.41) is 6.29. The van der Waals surface area contributed by atoms with Gasteiger partial charge in [-0.05, 0) is 115 Å².